The zero-order valence-electron chi connectivity index (χ0n) is 9.59. The van der Waals surface area contributed by atoms with Crippen molar-refractivity contribution < 1.29 is 14.7 Å². The number of carboxylic acid groups (broad SMARTS) is 1. The second-order valence-electron chi connectivity index (χ2n) is 3.59. The molecule has 0 saturated carbocycles. The Kier molecular flexibility index (Phi) is 4.28. The number of hydrogen-bond donors (Lipinski definition) is 2. The van der Waals surface area contributed by atoms with Crippen LogP contribution in [0.15, 0.2) is 34.2 Å². The number of amides is 1. The third-order valence-electron chi connectivity index (χ3n) is 2.31. The van der Waals surface area contributed by atoms with Crippen LogP contribution in [-0.2, 0) is 6.54 Å². The van der Waals surface area contributed by atoms with Crippen LogP contribution in [0.3, 0.4) is 0 Å². The molecular formula is C12H9BrN2O3S. The number of thiophene rings is 1. The van der Waals surface area contributed by atoms with Gasteiger partial charge in [-0.2, -0.15) is 0 Å². The number of pyridine rings is 1. The number of carbonyl (C=O) groups excluding carboxylic acids is 1. The minimum atomic E-state index is -1.17. The Morgan fingerprint density at radius 1 is 1.37 bits per heavy atom. The molecule has 0 aromatic carbocycles. The van der Waals surface area contributed by atoms with Crippen molar-refractivity contribution in [3.63, 3.8) is 0 Å². The standard InChI is InChI=1S/C12H9BrN2O3S/c13-9-4-3-7(19-9)6-15-11(16)10-8(12(17)18)2-1-5-14-10/h1-5H,6H2,(H,15,16)(H,17,18). The molecule has 2 rings (SSSR count). The Labute approximate surface area is 121 Å². The molecule has 2 aromatic rings. The summed E-state index contributed by atoms with van der Waals surface area (Å²) in [6.07, 6.45) is 1.39. The van der Waals surface area contributed by atoms with E-state index in [0.29, 0.717) is 6.54 Å². The average molecular weight is 341 g/mol. The van der Waals surface area contributed by atoms with Gasteiger partial charge in [0.2, 0.25) is 0 Å². The maximum absolute atomic E-state index is 11.9. The van der Waals surface area contributed by atoms with E-state index in [4.69, 9.17) is 5.11 Å². The molecule has 0 saturated heterocycles. The van der Waals surface area contributed by atoms with Crippen LogP contribution in [0, 0.1) is 0 Å². The molecule has 2 aromatic heterocycles. The van der Waals surface area contributed by atoms with Crippen LogP contribution in [0.25, 0.3) is 0 Å². The quantitative estimate of drug-likeness (QED) is 0.896. The third kappa shape index (κ3) is 3.39. The first kappa shape index (κ1) is 13.7. The number of carbonyl (C=O) groups is 2. The fourth-order valence-corrected chi connectivity index (χ4v) is 2.88. The van der Waals surface area contributed by atoms with Crippen molar-refractivity contribution in [3.8, 4) is 0 Å². The lowest BCUT2D eigenvalue weighted by Gasteiger charge is -2.05. The molecule has 1 amide bonds. The topological polar surface area (TPSA) is 79.3 Å². The maximum atomic E-state index is 11.9. The van der Waals surface area contributed by atoms with E-state index in [-0.39, 0.29) is 11.3 Å². The summed E-state index contributed by atoms with van der Waals surface area (Å²) in [5.41, 5.74) is -0.182. The SMILES string of the molecule is O=C(O)c1cccnc1C(=O)NCc1ccc(Br)s1. The summed E-state index contributed by atoms with van der Waals surface area (Å²) in [5, 5.41) is 11.6. The van der Waals surface area contributed by atoms with Gasteiger partial charge in [-0.3, -0.25) is 9.78 Å². The highest BCUT2D eigenvalue weighted by Crippen LogP contribution is 2.21. The highest BCUT2D eigenvalue weighted by molar-refractivity contribution is 9.11. The van der Waals surface area contributed by atoms with Gasteiger partial charge in [-0.15, -0.1) is 11.3 Å². The van der Waals surface area contributed by atoms with Crippen LogP contribution in [0.2, 0.25) is 0 Å². The van der Waals surface area contributed by atoms with Gasteiger partial charge in [0.25, 0.3) is 5.91 Å². The number of carboxylic acids is 1. The highest BCUT2D eigenvalue weighted by atomic mass is 79.9. The van der Waals surface area contributed by atoms with E-state index in [1.54, 1.807) is 0 Å². The van der Waals surface area contributed by atoms with Gasteiger partial charge in [-0.05, 0) is 40.2 Å². The van der Waals surface area contributed by atoms with Crippen LogP contribution in [0.1, 0.15) is 25.7 Å². The van der Waals surface area contributed by atoms with E-state index < -0.39 is 11.9 Å². The molecule has 0 aliphatic carbocycles. The second-order valence-corrected chi connectivity index (χ2v) is 6.14. The van der Waals surface area contributed by atoms with Crippen LogP contribution in [-0.4, -0.2) is 22.0 Å². The summed E-state index contributed by atoms with van der Waals surface area (Å²) in [5.74, 6) is -1.67. The number of hydrogen-bond acceptors (Lipinski definition) is 4. The lowest BCUT2D eigenvalue weighted by atomic mass is 10.2. The minimum absolute atomic E-state index is 0.0781. The smallest absolute Gasteiger partial charge is 0.338 e. The van der Waals surface area contributed by atoms with E-state index in [1.807, 2.05) is 12.1 Å². The monoisotopic (exact) mass is 340 g/mol. The molecule has 0 bridgehead atoms. The number of halogens is 1. The minimum Gasteiger partial charge on any atom is -0.478 e. The van der Waals surface area contributed by atoms with Crippen molar-refractivity contribution in [2.24, 2.45) is 0 Å². The van der Waals surface area contributed by atoms with Crippen molar-refractivity contribution in [1.82, 2.24) is 10.3 Å². The van der Waals surface area contributed by atoms with E-state index in [0.717, 1.165) is 8.66 Å². The van der Waals surface area contributed by atoms with Gasteiger partial charge in [0.1, 0.15) is 5.69 Å². The molecule has 0 unspecified atom stereocenters. The van der Waals surface area contributed by atoms with Gasteiger partial charge in [-0.25, -0.2) is 4.79 Å². The molecule has 7 heteroatoms. The fraction of sp³-hybridized carbons (Fsp3) is 0.0833. The number of aromatic carboxylic acids is 1. The molecule has 5 nitrogen and oxygen atoms in total. The Morgan fingerprint density at radius 3 is 2.79 bits per heavy atom. The highest BCUT2D eigenvalue weighted by Gasteiger charge is 2.17. The maximum Gasteiger partial charge on any atom is 0.338 e. The molecule has 0 aliphatic heterocycles. The molecule has 2 N–H and O–H groups in total. The fourth-order valence-electron chi connectivity index (χ4n) is 1.46. The molecule has 2 heterocycles. The zero-order chi connectivity index (χ0) is 13.8. The molecule has 0 atom stereocenters. The van der Waals surface area contributed by atoms with Gasteiger partial charge in [-0.1, -0.05) is 0 Å². The van der Waals surface area contributed by atoms with Crippen molar-refractivity contribution in [2.45, 2.75) is 6.54 Å². The summed E-state index contributed by atoms with van der Waals surface area (Å²) in [6.45, 7) is 0.338. The lowest BCUT2D eigenvalue weighted by molar-refractivity contribution is 0.0690. The number of nitrogens with one attached hydrogen (secondary N) is 1. The number of nitrogens with zero attached hydrogens (tertiary/aromatic N) is 1. The Hall–Kier alpha value is -1.73. The molecule has 0 fully saturated rings. The predicted molar refractivity (Wildman–Crippen MR) is 74.4 cm³/mol. The van der Waals surface area contributed by atoms with E-state index in [1.165, 1.54) is 29.7 Å². The van der Waals surface area contributed by atoms with Crippen molar-refractivity contribution in [3.05, 3.63) is 50.4 Å². The Morgan fingerprint density at radius 2 is 2.16 bits per heavy atom. The van der Waals surface area contributed by atoms with E-state index >= 15 is 0 Å². The van der Waals surface area contributed by atoms with Gasteiger partial charge >= 0.3 is 5.97 Å². The summed E-state index contributed by atoms with van der Waals surface area (Å²) >= 11 is 4.83. The summed E-state index contributed by atoms with van der Waals surface area (Å²) in [4.78, 5) is 27.7. The largest absolute Gasteiger partial charge is 0.478 e. The van der Waals surface area contributed by atoms with Gasteiger partial charge < -0.3 is 10.4 Å². The number of rotatable bonds is 4. The van der Waals surface area contributed by atoms with Crippen LogP contribution >= 0.6 is 27.3 Å². The van der Waals surface area contributed by atoms with Crippen LogP contribution < -0.4 is 5.32 Å². The first-order chi connectivity index (χ1) is 9.08. The summed E-state index contributed by atoms with van der Waals surface area (Å²) in [6, 6.07) is 6.60. The molecule has 0 spiro atoms. The van der Waals surface area contributed by atoms with Crippen molar-refractivity contribution in [1.29, 1.82) is 0 Å². The zero-order valence-corrected chi connectivity index (χ0v) is 12.0. The molecule has 0 radical (unpaired) electrons. The molecular weight excluding hydrogens is 332 g/mol. The average Bonchev–Trinajstić information content (AvgIpc) is 2.81. The second kappa shape index (κ2) is 5.94. The van der Waals surface area contributed by atoms with Gasteiger partial charge in [0.15, 0.2) is 0 Å². The first-order valence-electron chi connectivity index (χ1n) is 5.28. The third-order valence-corrected chi connectivity index (χ3v) is 3.93. The number of aromatic nitrogens is 1. The van der Waals surface area contributed by atoms with E-state index in [9.17, 15) is 9.59 Å². The van der Waals surface area contributed by atoms with Crippen LogP contribution in [0.5, 0.6) is 0 Å². The predicted octanol–water partition coefficient (Wildman–Crippen LogP) is 2.53. The Balaban J connectivity index is 2.10. The molecule has 19 heavy (non-hydrogen) atoms. The lowest BCUT2D eigenvalue weighted by Crippen LogP contribution is -2.25. The van der Waals surface area contributed by atoms with E-state index in [2.05, 4.69) is 26.2 Å². The molecule has 0 aliphatic rings. The normalized spacial score (nSPS) is 10.2. The first-order valence-corrected chi connectivity index (χ1v) is 6.89. The van der Waals surface area contributed by atoms with Gasteiger partial charge in [0.05, 0.1) is 15.9 Å². The molecule has 98 valence electrons. The summed E-state index contributed by atoms with van der Waals surface area (Å²) in [7, 11) is 0. The van der Waals surface area contributed by atoms with Crippen molar-refractivity contribution in [2.75, 3.05) is 0 Å². The van der Waals surface area contributed by atoms with Crippen LogP contribution in [0.4, 0.5) is 0 Å². The van der Waals surface area contributed by atoms with Gasteiger partial charge in [0, 0.05) is 11.1 Å². The summed E-state index contributed by atoms with van der Waals surface area (Å²) < 4.78 is 0.973. The van der Waals surface area contributed by atoms with Crippen molar-refractivity contribution >= 4 is 39.1 Å². The Bertz CT molecular complexity index is 627.